The van der Waals surface area contributed by atoms with Gasteiger partial charge < -0.3 is 15.2 Å². The highest BCUT2D eigenvalue weighted by molar-refractivity contribution is 5.91. The molecule has 5 nitrogen and oxygen atoms in total. The highest BCUT2D eigenvalue weighted by Crippen LogP contribution is 2.37. The maximum atomic E-state index is 12.1. The van der Waals surface area contributed by atoms with Crippen LogP contribution in [0.25, 0.3) is 0 Å². The van der Waals surface area contributed by atoms with Gasteiger partial charge in [-0.1, -0.05) is 6.07 Å². The van der Waals surface area contributed by atoms with Gasteiger partial charge in [0.25, 0.3) is 5.91 Å². The van der Waals surface area contributed by atoms with E-state index in [0.717, 1.165) is 22.4 Å². The van der Waals surface area contributed by atoms with E-state index in [1.165, 1.54) is 0 Å². The largest absolute Gasteiger partial charge is 0.480 e. The number of hydrogen-bond donors (Lipinski definition) is 2. The Labute approximate surface area is 116 Å². The molecule has 1 saturated carbocycles. The predicted octanol–water partition coefficient (Wildman–Crippen LogP) is 1.34. The lowest BCUT2D eigenvalue weighted by Gasteiger charge is -2.16. The number of carboxylic acids is 1. The van der Waals surface area contributed by atoms with Crippen molar-refractivity contribution in [2.45, 2.75) is 44.8 Å². The van der Waals surface area contributed by atoms with Gasteiger partial charge in [0.1, 0.15) is 11.3 Å². The molecule has 0 unspecified atom stereocenters. The number of carbonyl (C=O) groups excluding carboxylic acids is 1. The Morgan fingerprint density at radius 2 is 1.95 bits per heavy atom. The Hall–Kier alpha value is -2.04. The molecule has 0 aromatic heterocycles. The Morgan fingerprint density at radius 1 is 1.30 bits per heavy atom. The zero-order chi connectivity index (χ0) is 14.5. The molecule has 20 heavy (non-hydrogen) atoms. The van der Waals surface area contributed by atoms with Crippen LogP contribution in [-0.4, -0.2) is 28.6 Å². The van der Waals surface area contributed by atoms with Crippen molar-refractivity contribution < 1.29 is 19.4 Å². The van der Waals surface area contributed by atoms with Gasteiger partial charge in [0.15, 0.2) is 6.10 Å². The second-order valence-corrected chi connectivity index (χ2v) is 5.73. The number of fused-ring (bicyclic) bond motifs is 1. The van der Waals surface area contributed by atoms with E-state index < -0.39 is 17.6 Å². The van der Waals surface area contributed by atoms with Crippen molar-refractivity contribution in [1.82, 2.24) is 5.32 Å². The number of hydrogen-bond acceptors (Lipinski definition) is 3. The number of carbonyl (C=O) groups is 2. The standard InChI is InChI=1S/C15H17NO4/c1-8-5-10-7-12(20-11(10)6-9(8)2)13(17)16-15(3-4-15)14(18)19/h5-6,12H,3-4,7H2,1-2H3,(H,16,17)(H,18,19)/t12-/m1/s1. The van der Waals surface area contributed by atoms with Gasteiger partial charge in [-0.05, 0) is 49.4 Å². The summed E-state index contributed by atoms with van der Waals surface area (Å²) in [4.78, 5) is 23.2. The lowest BCUT2D eigenvalue weighted by atomic mass is 10.0. The van der Waals surface area contributed by atoms with E-state index in [1.807, 2.05) is 26.0 Å². The van der Waals surface area contributed by atoms with Gasteiger partial charge >= 0.3 is 5.97 Å². The average molecular weight is 275 g/mol. The highest BCUT2D eigenvalue weighted by atomic mass is 16.5. The zero-order valence-electron chi connectivity index (χ0n) is 11.5. The van der Waals surface area contributed by atoms with Crippen molar-refractivity contribution >= 4 is 11.9 Å². The third kappa shape index (κ3) is 2.03. The summed E-state index contributed by atoms with van der Waals surface area (Å²) in [6.07, 6.45) is 0.860. The molecule has 1 heterocycles. The first-order valence-electron chi connectivity index (χ1n) is 6.73. The molecule has 1 amide bonds. The second kappa shape index (κ2) is 4.23. The lowest BCUT2D eigenvalue weighted by molar-refractivity contribution is -0.144. The highest BCUT2D eigenvalue weighted by Gasteiger charge is 2.52. The van der Waals surface area contributed by atoms with Crippen LogP contribution in [0.15, 0.2) is 12.1 Å². The number of carboxylic acid groups (broad SMARTS) is 1. The van der Waals surface area contributed by atoms with Crippen LogP contribution in [0.5, 0.6) is 5.75 Å². The van der Waals surface area contributed by atoms with Crippen LogP contribution in [0.1, 0.15) is 29.5 Å². The minimum Gasteiger partial charge on any atom is -0.480 e. The molecule has 1 aliphatic carbocycles. The zero-order valence-corrected chi connectivity index (χ0v) is 11.5. The molecule has 1 aromatic rings. The first-order chi connectivity index (χ1) is 9.41. The minimum absolute atomic E-state index is 0.337. The smallest absolute Gasteiger partial charge is 0.329 e. The van der Waals surface area contributed by atoms with Crippen LogP contribution in [0.2, 0.25) is 0 Å². The summed E-state index contributed by atoms with van der Waals surface area (Å²) in [6.45, 7) is 4.02. The summed E-state index contributed by atoms with van der Waals surface area (Å²) in [7, 11) is 0. The summed E-state index contributed by atoms with van der Waals surface area (Å²) in [5.74, 6) is -0.571. The van der Waals surface area contributed by atoms with E-state index in [1.54, 1.807) is 0 Å². The number of ether oxygens (including phenoxy) is 1. The Balaban J connectivity index is 1.72. The van der Waals surface area contributed by atoms with Crippen molar-refractivity contribution in [1.29, 1.82) is 0 Å². The third-order valence-corrected chi connectivity index (χ3v) is 4.17. The van der Waals surface area contributed by atoms with Crippen LogP contribution < -0.4 is 10.1 Å². The molecule has 0 bridgehead atoms. The van der Waals surface area contributed by atoms with Crippen LogP contribution in [0.4, 0.5) is 0 Å². The number of rotatable bonds is 3. The molecule has 1 aliphatic heterocycles. The monoisotopic (exact) mass is 275 g/mol. The Morgan fingerprint density at radius 3 is 2.55 bits per heavy atom. The van der Waals surface area contributed by atoms with Crippen LogP contribution in [-0.2, 0) is 16.0 Å². The normalized spacial score (nSPS) is 21.8. The fraction of sp³-hybridized carbons (Fsp3) is 0.467. The molecule has 5 heteroatoms. The maximum Gasteiger partial charge on any atom is 0.329 e. The molecular weight excluding hydrogens is 258 g/mol. The van der Waals surface area contributed by atoms with Gasteiger partial charge in [-0.25, -0.2) is 4.79 Å². The summed E-state index contributed by atoms with van der Waals surface area (Å²) >= 11 is 0. The van der Waals surface area contributed by atoms with Crippen molar-refractivity contribution in [2.24, 2.45) is 0 Å². The molecule has 2 N–H and O–H groups in total. The van der Waals surface area contributed by atoms with Crippen LogP contribution in [0, 0.1) is 13.8 Å². The number of amides is 1. The van der Waals surface area contributed by atoms with Gasteiger partial charge in [-0.3, -0.25) is 4.79 Å². The van der Waals surface area contributed by atoms with Crippen LogP contribution >= 0.6 is 0 Å². The van der Waals surface area contributed by atoms with E-state index in [9.17, 15) is 9.59 Å². The summed E-state index contributed by atoms with van der Waals surface area (Å²) in [5, 5.41) is 11.7. The summed E-state index contributed by atoms with van der Waals surface area (Å²) in [5.41, 5.74) is 2.24. The molecule has 0 saturated heterocycles. The number of nitrogens with one attached hydrogen (secondary N) is 1. The fourth-order valence-electron chi connectivity index (χ4n) is 2.49. The maximum absolute atomic E-state index is 12.1. The quantitative estimate of drug-likeness (QED) is 0.873. The van der Waals surface area contributed by atoms with Crippen molar-refractivity contribution in [3.05, 3.63) is 28.8 Å². The molecule has 1 fully saturated rings. The summed E-state index contributed by atoms with van der Waals surface area (Å²) in [6, 6.07) is 3.96. The van der Waals surface area contributed by atoms with Gasteiger partial charge in [0.2, 0.25) is 0 Å². The molecule has 3 rings (SSSR count). The molecular formula is C15H17NO4. The average Bonchev–Trinajstić information content (AvgIpc) is 3.05. The van der Waals surface area contributed by atoms with E-state index in [4.69, 9.17) is 9.84 Å². The molecule has 1 aromatic carbocycles. The summed E-state index contributed by atoms with van der Waals surface area (Å²) < 4.78 is 5.65. The van der Waals surface area contributed by atoms with E-state index >= 15 is 0 Å². The molecule has 0 radical (unpaired) electrons. The predicted molar refractivity (Wildman–Crippen MR) is 71.8 cm³/mol. The number of benzene rings is 1. The van der Waals surface area contributed by atoms with Gasteiger partial charge in [-0.15, -0.1) is 0 Å². The minimum atomic E-state index is -1.05. The molecule has 0 spiro atoms. The van der Waals surface area contributed by atoms with Crippen LogP contribution in [0.3, 0.4) is 0 Å². The second-order valence-electron chi connectivity index (χ2n) is 5.73. The Kier molecular flexibility index (Phi) is 2.74. The molecule has 1 atom stereocenters. The molecule has 2 aliphatic rings. The van der Waals surface area contributed by atoms with E-state index in [2.05, 4.69) is 5.32 Å². The van der Waals surface area contributed by atoms with Gasteiger partial charge in [0, 0.05) is 6.42 Å². The van der Waals surface area contributed by atoms with Gasteiger partial charge in [-0.2, -0.15) is 0 Å². The Bertz CT molecular complexity index is 573. The number of aryl methyl sites for hydroxylation is 2. The van der Waals surface area contributed by atoms with E-state index in [-0.39, 0.29) is 5.91 Å². The van der Waals surface area contributed by atoms with E-state index in [0.29, 0.717) is 19.3 Å². The topological polar surface area (TPSA) is 75.6 Å². The SMILES string of the molecule is Cc1cc2c(cc1C)O[C@@H](C(=O)NC1(C(=O)O)CC1)C2. The first kappa shape index (κ1) is 13.0. The van der Waals surface area contributed by atoms with Crippen molar-refractivity contribution in [3.8, 4) is 5.75 Å². The molecule has 106 valence electrons. The fourth-order valence-corrected chi connectivity index (χ4v) is 2.49. The number of aliphatic carboxylic acids is 1. The third-order valence-electron chi connectivity index (χ3n) is 4.17. The van der Waals surface area contributed by atoms with Gasteiger partial charge in [0.05, 0.1) is 0 Å². The first-order valence-corrected chi connectivity index (χ1v) is 6.73. The lowest BCUT2D eigenvalue weighted by Crippen LogP contribution is -2.48. The van der Waals surface area contributed by atoms with Crippen molar-refractivity contribution in [3.63, 3.8) is 0 Å². The van der Waals surface area contributed by atoms with Crippen molar-refractivity contribution in [2.75, 3.05) is 0 Å².